The summed E-state index contributed by atoms with van der Waals surface area (Å²) < 4.78 is 5.44. The second-order valence-electron chi connectivity index (χ2n) is 5.45. The van der Waals surface area contributed by atoms with Crippen LogP contribution < -0.4 is 5.32 Å². The molecule has 108 valence electrons. The SMILES string of the molecule is Cc1nnc(C[C@@H]2CC[C@H](Nc3ncccc3C#N)C2)o1. The van der Waals surface area contributed by atoms with Crippen molar-refractivity contribution in [2.45, 2.75) is 38.6 Å². The summed E-state index contributed by atoms with van der Waals surface area (Å²) in [5.41, 5.74) is 0.591. The smallest absolute Gasteiger partial charge is 0.216 e. The van der Waals surface area contributed by atoms with Gasteiger partial charge in [-0.3, -0.25) is 0 Å². The van der Waals surface area contributed by atoms with E-state index in [0.29, 0.717) is 35.1 Å². The number of rotatable bonds is 4. The van der Waals surface area contributed by atoms with Gasteiger partial charge in [0.2, 0.25) is 11.8 Å². The van der Waals surface area contributed by atoms with Crippen LogP contribution in [-0.2, 0) is 6.42 Å². The van der Waals surface area contributed by atoms with Gasteiger partial charge >= 0.3 is 0 Å². The molecule has 0 aromatic carbocycles. The number of nitrogens with zero attached hydrogens (tertiary/aromatic N) is 4. The molecule has 0 spiro atoms. The number of pyridine rings is 1. The van der Waals surface area contributed by atoms with E-state index in [1.807, 2.05) is 0 Å². The molecular formula is C15H17N5O. The van der Waals surface area contributed by atoms with E-state index in [-0.39, 0.29) is 0 Å². The minimum absolute atomic E-state index is 0.348. The van der Waals surface area contributed by atoms with Crippen molar-refractivity contribution in [2.24, 2.45) is 5.92 Å². The van der Waals surface area contributed by atoms with E-state index >= 15 is 0 Å². The van der Waals surface area contributed by atoms with Crippen LogP contribution in [0.15, 0.2) is 22.7 Å². The van der Waals surface area contributed by atoms with Gasteiger partial charge in [-0.15, -0.1) is 10.2 Å². The summed E-state index contributed by atoms with van der Waals surface area (Å²) in [5.74, 6) is 2.55. The van der Waals surface area contributed by atoms with Crippen molar-refractivity contribution in [2.75, 3.05) is 5.32 Å². The van der Waals surface area contributed by atoms with Crippen LogP contribution in [0.5, 0.6) is 0 Å². The molecule has 2 aromatic rings. The second kappa shape index (κ2) is 5.92. The third-order valence-electron chi connectivity index (χ3n) is 3.84. The maximum Gasteiger partial charge on any atom is 0.216 e. The zero-order valence-electron chi connectivity index (χ0n) is 11.9. The molecule has 21 heavy (non-hydrogen) atoms. The molecule has 0 bridgehead atoms. The van der Waals surface area contributed by atoms with Crippen molar-refractivity contribution < 1.29 is 4.42 Å². The van der Waals surface area contributed by atoms with Gasteiger partial charge in [0.15, 0.2) is 0 Å². The highest BCUT2D eigenvalue weighted by Gasteiger charge is 2.27. The van der Waals surface area contributed by atoms with E-state index in [1.54, 1.807) is 25.3 Å². The summed E-state index contributed by atoms with van der Waals surface area (Å²) >= 11 is 0. The van der Waals surface area contributed by atoms with Gasteiger partial charge in [0.25, 0.3) is 0 Å². The molecule has 0 saturated heterocycles. The first-order chi connectivity index (χ1) is 10.2. The Hall–Kier alpha value is -2.42. The van der Waals surface area contributed by atoms with Crippen molar-refractivity contribution in [3.63, 3.8) is 0 Å². The lowest BCUT2D eigenvalue weighted by molar-refractivity contribution is 0.416. The highest BCUT2D eigenvalue weighted by Crippen LogP contribution is 2.30. The topological polar surface area (TPSA) is 87.6 Å². The largest absolute Gasteiger partial charge is 0.426 e. The number of nitrogens with one attached hydrogen (secondary N) is 1. The first-order valence-corrected chi connectivity index (χ1v) is 7.15. The average Bonchev–Trinajstić information content (AvgIpc) is 3.09. The van der Waals surface area contributed by atoms with Crippen molar-refractivity contribution in [3.8, 4) is 6.07 Å². The average molecular weight is 283 g/mol. The number of hydrogen-bond acceptors (Lipinski definition) is 6. The molecule has 2 atom stereocenters. The second-order valence-corrected chi connectivity index (χ2v) is 5.45. The Balaban J connectivity index is 1.58. The molecule has 6 heteroatoms. The number of aromatic nitrogens is 3. The lowest BCUT2D eigenvalue weighted by Crippen LogP contribution is -2.17. The predicted molar refractivity (Wildman–Crippen MR) is 76.4 cm³/mol. The fourth-order valence-electron chi connectivity index (χ4n) is 2.86. The monoisotopic (exact) mass is 283 g/mol. The van der Waals surface area contributed by atoms with Crippen LogP contribution in [-0.4, -0.2) is 21.2 Å². The number of anilines is 1. The van der Waals surface area contributed by atoms with Crippen molar-refractivity contribution >= 4 is 5.82 Å². The molecule has 0 amide bonds. The lowest BCUT2D eigenvalue weighted by Gasteiger charge is -2.14. The van der Waals surface area contributed by atoms with Crippen molar-refractivity contribution in [3.05, 3.63) is 35.7 Å². The maximum absolute atomic E-state index is 9.08. The van der Waals surface area contributed by atoms with Crippen LogP contribution in [0.25, 0.3) is 0 Å². The third-order valence-corrected chi connectivity index (χ3v) is 3.84. The number of hydrogen-bond donors (Lipinski definition) is 1. The van der Waals surface area contributed by atoms with E-state index in [9.17, 15) is 0 Å². The highest BCUT2D eigenvalue weighted by molar-refractivity contribution is 5.51. The number of aryl methyl sites for hydroxylation is 1. The Bertz CT molecular complexity index is 660. The van der Waals surface area contributed by atoms with Crippen LogP contribution in [0.2, 0.25) is 0 Å². The first kappa shape index (κ1) is 13.6. The van der Waals surface area contributed by atoms with Gasteiger partial charge in [0.1, 0.15) is 11.9 Å². The van der Waals surface area contributed by atoms with Crippen molar-refractivity contribution in [1.82, 2.24) is 15.2 Å². The maximum atomic E-state index is 9.08. The third kappa shape index (κ3) is 3.19. The number of nitriles is 1. The van der Waals surface area contributed by atoms with E-state index in [2.05, 4.69) is 26.6 Å². The van der Waals surface area contributed by atoms with Gasteiger partial charge in [-0.1, -0.05) is 0 Å². The minimum atomic E-state index is 0.348. The molecule has 1 fully saturated rings. The first-order valence-electron chi connectivity index (χ1n) is 7.15. The van der Waals surface area contributed by atoms with Gasteiger partial charge in [0.05, 0.1) is 5.56 Å². The summed E-state index contributed by atoms with van der Waals surface area (Å²) in [5, 5.41) is 20.4. The Labute approximate surface area is 123 Å². The standard InChI is InChI=1S/C15H17N5O/c1-10-19-20-14(21-10)8-11-4-5-13(7-11)18-15-12(9-16)3-2-6-17-15/h2-3,6,11,13H,4-5,7-8H2,1H3,(H,17,18)/t11-,13+/m1/s1. The summed E-state index contributed by atoms with van der Waals surface area (Å²) in [4.78, 5) is 4.25. The van der Waals surface area contributed by atoms with Gasteiger partial charge < -0.3 is 9.73 Å². The van der Waals surface area contributed by atoms with Crippen LogP contribution in [0.3, 0.4) is 0 Å². The molecule has 0 radical (unpaired) electrons. The van der Waals surface area contributed by atoms with E-state index in [1.165, 1.54) is 0 Å². The van der Waals surface area contributed by atoms with Crippen LogP contribution in [0.4, 0.5) is 5.82 Å². The van der Waals surface area contributed by atoms with Crippen LogP contribution in [0, 0.1) is 24.2 Å². The molecule has 1 aliphatic carbocycles. The minimum Gasteiger partial charge on any atom is -0.426 e. The molecule has 1 saturated carbocycles. The van der Waals surface area contributed by atoms with E-state index < -0.39 is 0 Å². The molecule has 0 unspecified atom stereocenters. The highest BCUT2D eigenvalue weighted by atomic mass is 16.4. The lowest BCUT2D eigenvalue weighted by atomic mass is 10.0. The van der Waals surface area contributed by atoms with Gasteiger partial charge in [-0.2, -0.15) is 5.26 Å². The fraction of sp³-hybridized carbons (Fsp3) is 0.467. The quantitative estimate of drug-likeness (QED) is 0.927. The molecule has 0 aliphatic heterocycles. The Morgan fingerprint density at radius 3 is 3.10 bits per heavy atom. The van der Waals surface area contributed by atoms with Gasteiger partial charge in [-0.05, 0) is 37.3 Å². The summed E-state index contributed by atoms with van der Waals surface area (Å²) in [7, 11) is 0. The molecule has 2 aromatic heterocycles. The summed E-state index contributed by atoms with van der Waals surface area (Å²) in [6, 6.07) is 6.07. The molecule has 3 rings (SSSR count). The van der Waals surface area contributed by atoms with Gasteiger partial charge in [-0.25, -0.2) is 4.98 Å². The molecule has 1 N–H and O–H groups in total. The predicted octanol–water partition coefficient (Wildman–Crippen LogP) is 2.47. The molecule has 1 aliphatic rings. The Morgan fingerprint density at radius 2 is 2.33 bits per heavy atom. The Kier molecular flexibility index (Phi) is 3.82. The normalized spacial score (nSPS) is 21.1. The molecule has 2 heterocycles. The molecule has 6 nitrogen and oxygen atoms in total. The van der Waals surface area contributed by atoms with Crippen LogP contribution >= 0.6 is 0 Å². The summed E-state index contributed by atoms with van der Waals surface area (Å²) in [6.45, 7) is 1.81. The zero-order valence-corrected chi connectivity index (χ0v) is 11.9. The Morgan fingerprint density at radius 1 is 1.43 bits per heavy atom. The van der Waals surface area contributed by atoms with E-state index in [0.717, 1.165) is 25.7 Å². The fourth-order valence-corrected chi connectivity index (χ4v) is 2.86. The summed E-state index contributed by atoms with van der Waals surface area (Å²) in [6.07, 6.45) is 5.75. The van der Waals surface area contributed by atoms with Crippen LogP contribution in [0.1, 0.15) is 36.6 Å². The van der Waals surface area contributed by atoms with E-state index in [4.69, 9.17) is 9.68 Å². The van der Waals surface area contributed by atoms with Gasteiger partial charge in [0, 0.05) is 25.6 Å². The van der Waals surface area contributed by atoms with Crippen molar-refractivity contribution in [1.29, 1.82) is 5.26 Å². The molecular weight excluding hydrogens is 266 g/mol. The zero-order chi connectivity index (χ0) is 14.7.